The van der Waals surface area contributed by atoms with Gasteiger partial charge in [0.2, 0.25) is 0 Å². The van der Waals surface area contributed by atoms with Gasteiger partial charge in [-0.2, -0.15) is 0 Å². The lowest BCUT2D eigenvalue weighted by molar-refractivity contribution is -0.00292. The van der Waals surface area contributed by atoms with Crippen LogP contribution in [-0.2, 0) is 11.3 Å². The molecule has 0 heterocycles. The number of carbonyl (C=O) groups is 1. The predicted molar refractivity (Wildman–Crippen MR) is 75.0 cm³/mol. The van der Waals surface area contributed by atoms with E-state index in [1.54, 1.807) is 46.9 Å². The molecule has 2 N–H and O–H groups in total. The van der Waals surface area contributed by atoms with Crippen molar-refractivity contribution in [3.63, 3.8) is 0 Å². The summed E-state index contributed by atoms with van der Waals surface area (Å²) < 4.78 is 5.02. The number of nitrogens with one attached hydrogen (secondary N) is 1. The molecule has 0 saturated heterocycles. The van der Waals surface area contributed by atoms with Gasteiger partial charge in [0.15, 0.2) is 0 Å². The fraction of sp³-hybridized carbons (Fsp3) is 0.533. The van der Waals surface area contributed by atoms with Gasteiger partial charge in [-0.3, -0.25) is 4.79 Å². The molecule has 1 rings (SSSR count). The number of amides is 1. The van der Waals surface area contributed by atoms with Crippen molar-refractivity contribution < 1.29 is 14.6 Å². The minimum Gasteiger partial charge on any atom is -0.388 e. The molecule has 0 aliphatic heterocycles. The Bertz CT molecular complexity index is 430. The predicted octanol–water partition coefficient (Wildman–Crippen LogP) is 2.11. The van der Waals surface area contributed by atoms with Crippen molar-refractivity contribution in [1.82, 2.24) is 5.32 Å². The Kier molecular flexibility index (Phi) is 4.71. The van der Waals surface area contributed by atoms with Crippen LogP contribution in [0.15, 0.2) is 24.3 Å². The monoisotopic (exact) mass is 265 g/mol. The summed E-state index contributed by atoms with van der Waals surface area (Å²) in [6, 6.07) is 7.22. The Morgan fingerprint density at radius 1 is 1.21 bits per heavy atom. The second kappa shape index (κ2) is 5.72. The topological polar surface area (TPSA) is 58.6 Å². The number of hydrogen-bond donors (Lipinski definition) is 2. The number of benzene rings is 1. The summed E-state index contributed by atoms with van der Waals surface area (Å²) in [6.07, 6.45) is 0. The molecule has 0 spiro atoms. The van der Waals surface area contributed by atoms with Crippen molar-refractivity contribution in [2.75, 3.05) is 7.11 Å². The van der Waals surface area contributed by atoms with E-state index in [0.717, 1.165) is 5.56 Å². The molecule has 0 aliphatic rings. The summed E-state index contributed by atoms with van der Waals surface area (Å²) >= 11 is 0. The number of methoxy groups -OCH3 is 1. The molecule has 106 valence electrons. The van der Waals surface area contributed by atoms with Crippen molar-refractivity contribution in [3.05, 3.63) is 35.4 Å². The third kappa shape index (κ3) is 4.04. The van der Waals surface area contributed by atoms with Crippen LogP contribution in [0.4, 0.5) is 0 Å². The molecule has 1 aromatic carbocycles. The van der Waals surface area contributed by atoms with Crippen molar-refractivity contribution in [1.29, 1.82) is 0 Å². The van der Waals surface area contributed by atoms with Gasteiger partial charge in [-0.05, 0) is 45.4 Å². The fourth-order valence-corrected chi connectivity index (χ4v) is 1.43. The van der Waals surface area contributed by atoms with Crippen molar-refractivity contribution in [2.24, 2.45) is 0 Å². The highest BCUT2D eigenvalue weighted by molar-refractivity contribution is 5.94. The summed E-state index contributed by atoms with van der Waals surface area (Å²) in [5.74, 6) is -0.198. The molecule has 0 unspecified atom stereocenters. The molecule has 19 heavy (non-hydrogen) atoms. The Morgan fingerprint density at radius 2 is 1.74 bits per heavy atom. The van der Waals surface area contributed by atoms with Gasteiger partial charge in [0, 0.05) is 12.7 Å². The lowest BCUT2D eigenvalue weighted by Gasteiger charge is -2.38. The number of aliphatic hydroxyl groups is 1. The maximum Gasteiger partial charge on any atom is 0.251 e. The van der Waals surface area contributed by atoms with Crippen LogP contribution in [0.3, 0.4) is 0 Å². The van der Waals surface area contributed by atoms with E-state index in [1.807, 2.05) is 12.1 Å². The van der Waals surface area contributed by atoms with E-state index in [0.29, 0.717) is 12.2 Å². The summed E-state index contributed by atoms with van der Waals surface area (Å²) in [5.41, 5.74) is -0.133. The van der Waals surface area contributed by atoms with Crippen LogP contribution in [0, 0.1) is 0 Å². The minimum absolute atomic E-state index is 0.198. The van der Waals surface area contributed by atoms with Gasteiger partial charge >= 0.3 is 0 Å². The normalized spacial score (nSPS) is 12.3. The molecule has 0 aromatic heterocycles. The van der Waals surface area contributed by atoms with Crippen LogP contribution in [0.5, 0.6) is 0 Å². The SMILES string of the molecule is COCc1ccc(C(=O)NC(C)(C)C(C)(C)O)cc1. The molecule has 1 aromatic rings. The van der Waals surface area contributed by atoms with E-state index in [9.17, 15) is 9.90 Å². The van der Waals surface area contributed by atoms with Crippen molar-refractivity contribution >= 4 is 5.91 Å². The quantitative estimate of drug-likeness (QED) is 0.857. The maximum absolute atomic E-state index is 12.1. The Balaban J connectivity index is 2.79. The Morgan fingerprint density at radius 3 is 2.16 bits per heavy atom. The van der Waals surface area contributed by atoms with E-state index in [1.165, 1.54) is 0 Å². The van der Waals surface area contributed by atoms with E-state index in [2.05, 4.69) is 5.32 Å². The number of ether oxygens (including phenoxy) is 1. The second-order valence-corrected chi connectivity index (χ2v) is 5.77. The van der Waals surface area contributed by atoms with Crippen molar-refractivity contribution in [2.45, 2.75) is 45.4 Å². The molecule has 1 amide bonds. The van der Waals surface area contributed by atoms with E-state index in [-0.39, 0.29) is 5.91 Å². The first kappa shape index (κ1) is 15.7. The molecule has 4 heteroatoms. The zero-order valence-corrected chi connectivity index (χ0v) is 12.3. The summed E-state index contributed by atoms with van der Waals surface area (Å²) in [4.78, 5) is 12.1. The molecule has 0 bridgehead atoms. The molecular formula is C15H23NO3. The van der Waals surface area contributed by atoms with Gasteiger partial charge in [-0.15, -0.1) is 0 Å². The highest BCUT2D eigenvalue weighted by Crippen LogP contribution is 2.21. The maximum atomic E-state index is 12.1. The third-order valence-electron chi connectivity index (χ3n) is 3.48. The average molecular weight is 265 g/mol. The molecule has 0 aliphatic carbocycles. The van der Waals surface area contributed by atoms with Gasteiger partial charge in [-0.1, -0.05) is 12.1 Å². The van der Waals surface area contributed by atoms with Gasteiger partial charge in [-0.25, -0.2) is 0 Å². The number of carbonyl (C=O) groups excluding carboxylic acids is 1. The lowest BCUT2D eigenvalue weighted by Crippen LogP contribution is -2.57. The smallest absolute Gasteiger partial charge is 0.251 e. The second-order valence-electron chi connectivity index (χ2n) is 5.77. The molecular weight excluding hydrogens is 242 g/mol. The van der Waals surface area contributed by atoms with E-state index >= 15 is 0 Å². The Hall–Kier alpha value is -1.39. The third-order valence-corrected chi connectivity index (χ3v) is 3.48. The number of rotatable bonds is 5. The van der Waals surface area contributed by atoms with Crippen LogP contribution in [-0.4, -0.2) is 29.3 Å². The standard InChI is InChI=1S/C15H23NO3/c1-14(2,15(3,4)18)16-13(17)12-8-6-11(7-9-12)10-19-5/h6-9,18H,10H2,1-5H3,(H,16,17). The Labute approximate surface area is 114 Å². The largest absolute Gasteiger partial charge is 0.388 e. The highest BCUT2D eigenvalue weighted by Gasteiger charge is 2.36. The summed E-state index contributed by atoms with van der Waals surface area (Å²) in [7, 11) is 1.63. The van der Waals surface area contributed by atoms with Crippen LogP contribution in [0.1, 0.15) is 43.6 Å². The highest BCUT2D eigenvalue weighted by atomic mass is 16.5. The first-order chi connectivity index (χ1) is 8.67. The van der Waals surface area contributed by atoms with Gasteiger partial charge in [0.05, 0.1) is 17.7 Å². The minimum atomic E-state index is -1.00. The molecule has 0 saturated carbocycles. The van der Waals surface area contributed by atoms with Gasteiger partial charge < -0.3 is 15.2 Å². The van der Waals surface area contributed by atoms with Gasteiger partial charge in [0.1, 0.15) is 0 Å². The summed E-state index contributed by atoms with van der Waals surface area (Å²) in [6.45, 7) is 7.47. The van der Waals surface area contributed by atoms with E-state index < -0.39 is 11.1 Å². The fourth-order valence-electron chi connectivity index (χ4n) is 1.43. The summed E-state index contributed by atoms with van der Waals surface area (Å²) in [5, 5.41) is 12.9. The first-order valence-electron chi connectivity index (χ1n) is 6.30. The van der Waals surface area contributed by atoms with Crippen molar-refractivity contribution in [3.8, 4) is 0 Å². The van der Waals surface area contributed by atoms with Crippen LogP contribution in [0.25, 0.3) is 0 Å². The van der Waals surface area contributed by atoms with Gasteiger partial charge in [0.25, 0.3) is 5.91 Å². The van der Waals surface area contributed by atoms with Crippen LogP contribution < -0.4 is 5.32 Å². The van der Waals surface area contributed by atoms with E-state index in [4.69, 9.17) is 4.74 Å². The molecule has 4 nitrogen and oxygen atoms in total. The zero-order chi connectivity index (χ0) is 14.7. The van der Waals surface area contributed by atoms with Crippen LogP contribution >= 0.6 is 0 Å². The molecule has 0 fully saturated rings. The number of hydrogen-bond acceptors (Lipinski definition) is 3. The first-order valence-corrected chi connectivity index (χ1v) is 6.30. The lowest BCUT2D eigenvalue weighted by atomic mass is 9.85. The molecule has 0 atom stereocenters. The molecule has 0 radical (unpaired) electrons. The zero-order valence-electron chi connectivity index (χ0n) is 12.3. The average Bonchev–Trinajstić information content (AvgIpc) is 2.28. The van der Waals surface area contributed by atoms with Crippen LogP contribution in [0.2, 0.25) is 0 Å².